The van der Waals surface area contributed by atoms with Gasteiger partial charge in [0.15, 0.2) is 0 Å². The zero-order chi connectivity index (χ0) is 14.0. The molecule has 19 heavy (non-hydrogen) atoms. The Labute approximate surface area is 116 Å². The maximum absolute atomic E-state index is 14.0. The summed E-state index contributed by atoms with van der Waals surface area (Å²) in [6, 6.07) is 4.47. The predicted octanol–water partition coefficient (Wildman–Crippen LogP) is 4.42. The van der Waals surface area contributed by atoms with Crippen molar-refractivity contribution in [1.82, 2.24) is 5.32 Å². The van der Waals surface area contributed by atoms with Gasteiger partial charge in [0, 0.05) is 17.7 Å². The van der Waals surface area contributed by atoms with E-state index in [1.807, 2.05) is 30.7 Å². The second kappa shape index (κ2) is 5.80. The summed E-state index contributed by atoms with van der Waals surface area (Å²) in [7, 11) is 0. The molecule has 0 aliphatic heterocycles. The molecular weight excluding hydrogens is 264 g/mol. The zero-order valence-corrected chi connectivity index (χ0v) is 12.0. The summed E-state index contributed by atoms with van der Waals surface area (Å²) in [6.45, 7) is 5.67. The average Bonchev–Trinajstić information content (AvgIpc) is 2.84. The van der Waals surface area contributed by atoms with E-state index in [1.165, 1.54) is 0 Å². The van der Waals surface area contributed by atoms with Gasteiger partial charge in [0.25, 0.3) is 0 Å². The molecule has 4 heteroatoms. The van der Waals surface area contributed by atoms with Crippen LogP contribution >= 0.6 is 11.3 Å². The molecule has 2 aromatic rings. The standard InChI is InChI=1S/C15H17F2NS/c1-9(2)18-15(11-4-5-19-8-11)12-6-10(3)13(16)7-14(12)17/h4-9,15,18H,1-3H3. The molecule has 1 nitrogen and oxygen atoms in total. The van der Waals surface area contributed by atoms with Crippen LogP contribution in [0.25, 0.3) is 0 Å². The fourth-order valence-electron chi connectivity index (χ4n) is 2.04. The lowest BCUT2D eigenvalue weighted by Gasteiger charge is -2.22. The highest BCUT2D eigenvalue weighted by Crippen LogP contribution is 2.28. The molecule has 2 rings (SSSR count). The van der Waals surface area contributed by atoms with E-state index in [2.05, 4.69) is 5.32 Å². The van der Waals surface area contributed by atoms with Gasteiger partial charge in [-0.05, 0) is 54.8 Å². The van der Waals surface area contributed by atoms with Gasteiger partial charge in [-0.1, -0.05) is 0 Å². The monoisotopic (exact) mass is 281 g/mol. The van der Waals surface area contributed by atoms with Crippen molar-refractivity contribution < 1.29 is 8.78 Å². The van der Waals surface area contributed by atoms with Crippen LogP contribution < -0.4 is 5.32 Å². The van der Waals surface area contributed by atoms with Crippen LogP contribution in [0, 0.1) is 18.6 Å². The molecule has 1 unspecified atom stereocenters. The largest absolute Gasteiger partial charge is 0.304 e. The molecule has 1 heterocycles. The molecule has 0 fully saturated rings. The molecule has 0 saturated carbocycles. The summed E-state index contributed by atoms with van der Waals surface area (Å²) in [5.74, 6) is -1.01. The van der Waals surface area contributed by atoms with Crippen LogP contribution in [0.2, 0.25) is 0 Å². The van der Waals surface area contributed by atoms with Gasteiger partial charge in [0.1, 0.15) is 11.6 Å². The van der Waals surface area contributed by atoms with E-state index in [4.69, 9.17) is 0 Å². The molecule has 0 bridgehead atoms. The number of hydrogen-bond acceptors (Lipinski definition) is 2. The number of benzene rings is 1. The molecule has 0 aliphatic rings. The summed E-state index contributed by atoms with van der Waals surface area (Å²) in [4.78, 5) is 0. The number of hydrogen-bond donors (Lipinski definition) is 1. The molecule has 1 atom stereocenters. The fourth-order valence-corrected chi connectivity index (χ4v) is 2.72. The number of thiophene rings is 1. The third kappa shape index (κ3) is 3.19. The highest BCUT2D eigenvalue weighted by molar-refractivity contribution is 7.08. The van der Waals surface area contributed by atoms with E-state index in [0.29, 0.717) is 11.1 Å². The van der Waals surface area contributed by atoms with Crippen LogP contribution in [-0.4, -0.2) is 6.04 Å². The molecule has 0 aliphatic carbocycles. The molecule has 0 spiro atoms. The normalized spacial score (nSPS) is 12.9. The molecule has 0 saturated heterocycles. The van der Waals surface area contributed by atoms with Crippen molar-refractivity contribution >= 4 is 11.3 Å². The van der Waals surface area contributed by atoms with Gasteiger partial charge in [0.2, 0.25) is 0 Å². The Hall–Kier alpha value is -1.26. The Bertz CT molecular complexity index is 550. The Morgan fingerprint density at radius 2 is 1.89 bits per heavy atom. The summed E-state index contributed by atoms with van der Waals surface area (Å²) in [5.41, 5.74) is 1.96. The zero-order valence-electron chi connectivity index (χ0n) is 11.2. The fraction of sp³-hybridized carbons (Fsp3) is 0.333. The van der Waals surface area contributed by atoms with Gasteiger partial charge in [-0.3, -0.25) is 0 Å². The Morgan fingerprint density at radius 3 is 2.47 bits per heavy atom. The lowest BCUT2D eigenvalue weighted by molar-refractivity contribution is 0.497. The quantitative estimate of drug-likeness (QED) is 0.874. The molecule has 0 amide bonds. The molecule has 0 radical (unpaired) electrons. The number of aryl methyl sites for hydroxylation is 1. The van der Waals surface area contributed by atoms with Gasteiger partial charge in [-0.2, -0.15) is 11.3 Å². The second-order valence-corrected chi connectivity index (χ2v) is 5.71. The molecule has 102 valence electrons. The van der Waals surface area contributed by atoms with Crippen LogP contribution in [0.15, 0.2) is 29.0 Å². The summed E-state index contributed by atoms with van der Waals surface area (Å²) in [5, 5.41) is 7.27. The summed E-state index contributed by atoms with van der Waals surface area (Å²) < 4.78 is 27.4. The Kier molecular flexibility index (Phi) is 4.32. The SMILES string of the molecule is Cc1cc(C(NC(C)C)c2ccsc2)c(F)cc1F. The first kappa shape index (κ1) is 14.2. The minimum absolute atomic E-state index is 0.203. The van der Waals surface area contributed by atoms with Crippen molar-refractivity contribution in [2.24, 2.45) is 0 Å². The topological polar surface area (TPSA) is 12.0 Å². The van der Waals surface area contributed by atoms with Crippen LogP contribution in [0.1, 0.15) is 36.6 Å². The van der Waals surface area contributed by atoms with Crippen molar-refractivity contribution in [3.05, 3.63) is 57.3 Å². The van der Waals surface area contributed by atoms with Crippen molar-refractivity contribution in [2.75, 3.05) is 0 Å². The molecule has 1 N–H and O–H groups in total. The van der Waals surface area contributed by atoms with Crippen molar-refractivity contribution in [3.63, 3.8) is 0 Å². The van der Waals surface area contributed by atoms with E-state index < -0.39 is 11.6 Å². The predicted molar refractivity (Wildman–Crippen MR) is 75.5 cm³/mol. The minimum atomic E-state index is -0.507. The maximum Gasteiger partial charge on any atom is 0.131 e. The lowest BCUT2D eigenvalue weighted by Crippen LogP contribution is -2.29. The van der Waals surface area contributed by atoms with Crippen molar-refractivity contribution in [1.29, 1.82) is 0 Å². The van der Waals surface area contributed by atoms with Gasteiger partial charge in [-0.25, -0.2) is 8.78 Å². The van der Waals surface area contributed by atoms with Crippen molar-refractivity contribution in [3.8, 4) is 0 Å². The summed E-state index contributed by atoms with van der Waals surface area (Å²) >= 11 is 1.57. The van der Waals surface area contributed by atoms with Crippen molar-refractivity contribution in [2.45, 2.75) is 32.9 Å². The maximum atomic E-state index is 14.0. The van der Waals surface area contributed by atoms with E-state index in [0.717, 1.165) is 11.6 Å². The molecular formula is C15H17F2NS. The molecule has 1 aromatic carbocycles. The lowest BCUT2D eigenvalue weighted by atomic mass is 9.98. The van der Waals surface area contributed by atoms with Gasteiger partial charge < -0.3 is 5.32 Å². The second-order valence-electron chi connectivity index (χ2n) is 4.93. The van der Waals surface area contributed by atoms with Gasteiger partial charge >= 0.3 is 0 Å². The minimum Gasteiger partial charge on any atom is -0.304 e. The van der Waals surface area contributed by atoms with Gasteiger partial charge in [-0.15, -0.1) is 0 Å². The number of nitrogens with one attached hydrogen (secondary N) is 1. The summed E-state index contributed by atoms with van der Waals surface area (Å²) in [6.07, 6.45) is 0. The smallest absolute Gasteiger partial charge is 0.131 e. The number of rotatable bonds is 4. The third-order valence-corrected chi connectivity index (χ3v) is 3.67. The van der Waals surface area contributed by atoms with E-state index >= 15 is 0 Å². The highest BCUT2D eigenvalue weighted by Gasteiger charge is 2.20. The average molecular weight is 281 g/mol. The van der Waals surface area contributed by atoms with Gasteiger partial charge in [0.05, 0.1) is 6.04 Å². The Balaban J connectivity index is 2.46. The van der Waals surface area contributed by atoms with E-state index in [-0.39, 0.29) is 12.1 Å². The van der Waals surface area contributed by atoms with Crippen LogP contribution in [0.3, 0.4) is 0 Å². The molecule has 1 aromatic heterocycles. The highest BCUT2D eigenvalue weighted by atomic mass is 32.1. The Morgan fingerprint density at radius 1 is 1.16 bits per heavy atom. The van der Waals surface area contributed by atoms with Crippen LogP contribution in [-0.2, 0) is 0 Å². The van der Waals surface area contributed by atoms with Crippen LogP contribution in [0.4, 0.5) is 8.78 Å². The van der Waals surface area contributed by atoms with E-state index in [9.17, 15) is 8.78 Å². The van der Waals surface area contributed by atoms with Crippen LogP contribution in [0.5, 0.6) is 0 Å². The van der Waals surface area contributed by atoms with E-state index in [1.54, 1.807) is 24.3 Å². The number of halogens is 2. The first-order chi connectivity index (χ1) is 8.99. The first-order valence-electron chi connectivity index (χ1n) is 6.22. The third-order valence-electron chi connectivity index (χ3n) is 2.97. The first-order valence-corrected chi connectivity index (χ1v) is 7.17.